The minimum atomic E-state index is 0.00879. The topological polar surface area (TPSA) is 68.7 Å². The molecule has 0 amide bonds. The average Bonchev–Trinajstić information content (AvgIpc) is 3.23. The van der Waals surface area contributed by atoms with Gasteiger partial charge in [-0.05, 0) is 49.4 Å². The third kappa shape index (κ3) is 3.40. The van der Waals surface area contributed by atoms with Gasteiger partial charge in [-0.2, -0.15) is 0 Å². The van der Waals surface area contributed by atoms with E-state index in [0.717, 1.165) is 58.9 Å². The largest absolute Gasteiger partial charge is 0.493 e. The monoisotopic (exact) mass is 400 g/mol. The number of hydrogen-bond donors (Lipinski definition) is 2. The number of thiophene rings is 1. The maximum Gasteiger partial charge on any atom is 0.260 e. The van der Waals surface area contributed by atoms with Gasteiger partial charge in [0.15, 0.2) is 17.3 Å². The molecule has 0 saturated carbocycles. The second-order valence-electron chi connectivity index (χ2n) is 7.49. The predicted octanol–water partition coefficient (Wildman–Crippen LogP) is 2.01. The quantitative estimate of drug-likeness (QED) is 0.664. The van der Waals surface area contributed by atoms with Crippen LogP contribution in [0, 0.1) is 6.92 Å². The number of rotatable bonds is 6. The number of nitrogens with one attached hydrogen (secondary N) is 2. The minimum absolute atomic E-state index is 0.00879. The predicted molar refractivity (Wildman–Crippen MR) is 111 cm³/mol. The van der Waals surface area contributed by atoms with Crippen LogP contribution in [0.4, 0.5) is 0 Å². The second kappa shape index (κ2) is 7.56. The lowest BCUT2D eigenvalue weighted by atomic mass is 10.1. The Morgan fingerprint density at radius 2 is 1.93 bits per heavy atom. The highest BCUT2D eigenvalue weighted by molar-refractivity contribution is 7.18. The van der Waals surface area contributed by atoms with Gasteiger partial charge in [0.1, 0.15) is 17.9 Å². The summed E-state index contributed by atoms with van der Waals surface area (Å²) in [6, 6.07) is 4.03. The third-order valence-electron chi connectivity index (χ3n) is 5.43. The molecule has 4 rings (SSSR count). The van der Waals surface area contributed by atoms with Crippen molar-refractivity contribution in [3.8, 4) is 11.5 Å². The molecule has 1 aromatic carbocycles. The number of hydrogen-bond acceptors (Lipinski definition) is 5. The van der Waals surface area contributed by atoms with Crippen LogP contribution in [0.1, 0.15) is 33.8 Å². The SMILES string of the molecule is COc1cc(C)c(C[NH+](C)Cc2nc3sc4c(c3c(=O)[nH]2)CCC4)cc1OC. The van der Waals surface area contributed by atoms with Crippen molar-refractivity contribution in [1.82, 2.24) is 9.97 Å². The Morgan fingerprint density at radius 3 is 2.68 bits per heavy atom. The first-order valence-electron chi connectivity index (χ1n) is 9.56. The molecule has 148 valence electrons. The van der Waals surface area contributed by atoms with Crippen molar-refractivity contribution in [3.63, 3.8) is 0 Å². The molecule has 0 bridgehead atoms. The van der Waals surface area contributed by atoms with Gasteiger partial charge in [-0.25, -0.2) is 4.98 Å². The van der Waals surface area contributed by atoms with Gasteiger partial charge in [-0.3, -0.25) is 4.79 Å². The van der Waals surface area contributed by atoms with E-state index >= 15 is 0 Å². The van der Waals surface area contributed by atoms with Crippen LogP contribution in [-0.2, 0) is 25.9 Å². The molecule has 7 heteroatoms. The summed E-state index contributed by atoms with van der Waals surface area (Å²) in [5.41, 5.74) is 3.58. The van der Waals surface area contributed by atoms with Crippen LogP contribution in [-0.4, -0.2) is 31.2 Å². The summed E-state index contributed by atoms with van der Waals surface area (Å²) in [6.07, 6.45) is 3.23. The highest BCUT2D eigenvalue weighted by Crippen LogP contribution is 2.34. The molecule has 1 unspecified atom stereocenters. The zero-order valence-corrected chi connectivity index (χ0v) is 17.6. The second-order valence-corrected chi connectivity index (χ2v) is 8.58. The molecule has 28 heavy (non-hydrogen) atoms. The van der Waals surface area contributed by atoms with Crippen molar-refractivity contribution in [2.45, 2.75) is 39.3 Å². The first-order valence-corrected chi connectivity index (χ1v) is 10.4. The molecule has 1 aliphatic carbocycles. The van der Waals surface area contributed by atoms with E-state index in [1.165, 1.54) is 20.9 Å². The average molecular weight is 401 g/mol. The number of aromatic nitrogens is 2. The number of methoxy groups -OCH3 is 2. The summed E-state index contributed by atoms with van der Waals surface area (Å²) >= 11 is 1.69. The molecule has 0 aliphatic heterocycles. The van der Waals surface area contributed by atoms with Crippen LogP contribution >= 0.6 is 11.3 Å². The Labute approximate surface area is 168 Å². The van der Waals surface area contributed by atoms with Gasteiger partial charge in [-0.1, -0.05) is 0 Å². The number of fused-ring (bicyclic) bond motifs is 3. The molecule has 2 heterocycles. The van der Waals surface area contributed by atoms with E-state index in [0.29, 0.717) is 6.54 Å². The molecular weight excluding hydrogens is 374 g/mol. The number of aryl methyl sites for hydroxylation is 3. The minimum Gasteiger partial charge on any atom is -0.493 e. The molecule has 2 N–H and O–H groups in total. The first-order chi connectivity index (χ1) is 13.5. The zero-order valence-electron chi connectivity index (χ0n) is 16.8. The molecule has 3 aromatic rings. The zero-order chi connectivity index (χ0) is 19.8. The van der Waals surface area contributed by atoms with Crippen molar-refractivity contribution >= 4 is 21.6 Å². The number of benzene rings is 1. The summed E-state index contributed by atoms with van der Waals surface area (Å²) in [5, 5.41) is 0.814. The summed E-state index contributed by atoms with van der Waals surface area (Å²) in [4.78, 5) is 23.9. The van der Waals surface area contributed by atoms with E-state index in [4.69, 9.17) is 14.5 Å². The van der Waals surface area contributed by atoms with Crippen LogP contribution < -0.4 is 19.9 Å². The fourth-order valence-corrected chi connectivity index (χ4v) is 5.30. The van der Waals surface area contributed by atoms with Crippen molar-refractivity contribution < 1.29 is 14.4 Å². The maximum absolute atomic E-state index is 12.6. The molecule has 6 nitrogen and oxygen atoms in total. The third-order valence-corrected chi connectivity index (χ3v) is 6.61. The van der Waals surface area contributed by atoms with Crippen LogP contribution in [0.25, 0.3) is 10.2 Å². The van der Waals surface area contributed by atoms with E-state index in [9.17, 15) is 4.79 Å². The van der Waals surface area contributed by atoms with Crippen LogP contribution in [0.3, 0.4) is 0 Å². The lowest BCUT2D eigenvalue weighted by Gasteiger charge is -2.17. The van der Waals surface area contributed by atoms with Crippen LogP contribution in [0.2, 0.25) is 0 Å². The number of aromatic amines is 1. The molecule has 0 fully saturated rings. The smallest absolute Gasteiger partial charge is 0.260 e. The van der Waals surface area contributed by atoms with E-state index < -0.39 is 0 Å². The molecule has 0 saturated heterocycles. The standard InChI is InChI=1S/C21H25N3O3S/c1-12-8-15(26-3)16(27-4)9-13(12)10-24(2)11-18-22-20(25)19-14-6-5-7-17(14)28-21(19)23-18/h8-9H,5-7,10-11H2,1-4H3,(H,22,23,25)/p+1. The van der Waals surface area contributed by atoms with Crippen molar-refractivity contribution in [2.75, 3.05) is 21.3 Å². The summed E-state index contributed by atoms with van der Waals surface area (Å²) < 4.78 is 10.8. The Hall–Kier alpha value is -2.38. The molecule has 2 aromatic heterocycles. The lowest BCUT2D eigenvalue weighted by Crippen LogP contribution is -3.06. The normalized spacial score (nSPS) is 14.3. The number of H-pyrrole nitrogens is 1. The van der Waals surface area contributed by atoms with Crippen molar-refractivity contribution in [2.24, 2.45) is 0 Å². The van der Waals surface area contributed by atoms with Gasteiger partial charge in [-0.15, -0.1) is 11.3 Å². The molecule has 1 aliphatic rings. The van der Waals surface area contributed by atoms with E-state index in [1.54, 1.807) is 25.6 Å². The Balaban J connectivity index is 1.56. The maximum atomic E-state index is 12.6. The molecule has 0 spiro atoms. The van der Waals surface area contributed by atoms with Gasteiger partial charge in [0, 0.05) is 10.4 Å². The van der Waals surface area contributed by atoms with Gasteiger partial charge in [0.05, 0.1) is 26.7 Å². The number of quaternary nitrogens is 1. The van der Waals surface area contributed by atoms with Gasteiger partial charge in [0.25, 0.3) is 5.56 Å². The summed E-state index contributed by atoms with van der Waals surface area (Å²) in [5.74, 6) is 2.22. The highest BCUT2D eigenvalue weighted by Gasteiger charge is 2.22. The van der Waals surface area contributed by atoms with Gasteiger partial charge in [0.2, 0.25) is 0 Å². The van der Waals surface area contributed by atoms with E-state index in [2.05, 4.69) is 19.0 Å². The Morgan fingerprint density at radius 1 is 1.18 bits per heavy atom. The van der Waals surface area contributed by atoms with E-state index in [1.807, 2.05) is 12.1 Å². The number of nitrogens with zero attached hydrogens (tertiary/aromatic N) is 1. The van der Waals surface area contributed by atoms with E-state index in [-0.39, 0.29) is 5.56 Å². The lowest BCUT2D eigenvalue weighted by molar-refractivity contribution is -0.908. The molecule has 0 radical (unpaired) electrons. The first kappa shape index (κ1) is 19.0. The highest BCUT2D eigenvalue weighted by atomic mass is 32.1. The summed E-state index contributed by atoms with van der Waals surface area (Å²) in [7, 11) is 5.40. The van der Waals surface area contributed by atoms with Gasteiger partial charge < -0.3 is 19.4 Å². The Bertz CT molecular complexity index is 1090. The number of ether oxygens (including phenoxy) is 2. The van der Waals surface area contributed by atoms with Crippen molar-refractivity contribution in [3.05, 3.63) is 49.9 Å². The molecule has 1 atom stereocenters. The van der Waals surface area contributed by atoms with Crippen molar-refractivity contribution in [1.29, 1.82) is 0 Å². The summed E-state index contributed by atoms with van der Waals surface area (Å²) in [6.45, 7) is 3.53. The molecular formula is C21H26N3O3S+. The Kier molecular flexibility index (Phi) is 5.12. The fourth-order valence-electron chi connectivity index (χ4n) is 4.02. The fraction of sp³-hybridized carbons (Fsp3) is 0.429. The van der Waals surface area contributed by atoms with Crippen LogP contribution in [0.5, 0.6) is 11.5 Å². The van der Waals surface area contributed by atoms with Crippen LogP contribution in [0.15, 0.2) is 16.9 Å². The van der Waals surface area contributed by atoms with Gasteiger partial charge >= 0.3 is 0 Å².